The first-order chi connectivity index (χ1) is 13.0. The first kappa shape index (κ1) is 22.8. The molecule has 144 valence electrons. The maximum absolute atomic E-state index is 4.93. The van der Waals surface area contributed by atoms with Crippen LogP contribution in [-0.2, 0) is 33.7 Å². The quantitative estimate of drug-likeness (QED) is 0.311. The molecule has 0 bridgehead atoms. The van der Waals surface area contributed by atoms with Crippen LogP contribution in [0.5, 0.6) is 0 Å². The van der Waals surface area contributed by atoms with Gasteiger partial charge in [-0.1, -0.05) is 73.6 Å². The fraction of sp³-hybridized carbons (Fsp3) is 0.375. The van der Waals surface area contributed by atoms with Gasteiger partial charge in [-0.25, -0.2) is 0 Å². The average molecular weight is 480 g/mol. The number of rotatable bonds is 6. The van der Waals surface area contributed by atoms with E-state index >= 15 is 0 Å². The molecule has 0 amide bonds. The van der Waals surface area contributed by atoms with Gasteiger partial charge in [-0.15, -0.1) is 34.5 Å². The van der Waals surface area contributed by atoms with Gasteiger partial charge in [0.15, 0.2) is 0 Å². The van der Waals surface area contributed by atoms with Gasteiger partial charge in [-0.3, -0.25) is 0 Å². The van der Waals surface area contributed by atoms with Crippen LogP contribution in [0.15, 0.2) is 42.5 Å². The number of benzene rings is 2. The second-order valence-electron chi connectivity index (χ2n) is 7.27. The third-order valence-electron chi connectivity index (χ3n) is 4.88. The topological polar surface area (TPSA) is 0 Å². The molecule has 0 aliphatic rings. The fourth-order valence-corrected chi connectivity index (χ4v) is 3.85. The van der Waals surface area contributed by atoms with Gasteiger partial charge in [0.25, 0.3) is 0 Å². The van der Waals surface area contributed by atoms with Crippen LogP contribution < -0.4 is 0 Å². The summed E-state index contributed by atoms with van der Waals surface area (Å²) in [4.78, 5) is 0. The van der Waals surface area contributed by atoms with Crippen LogP contribution in [-0.4, -0.2) is 0 Å². The van der Waals surface area contributed by atoms with Crippen LogP contribution in [0.2, 0.25) is 0 Å². The van der Waals surface area contributed by atoms with E-state index in [1.807, 2.05) is 0 Å². The molecule has 0 aliphatic carbocycles. The molecule has 0 saturated heterocycles. The zero-order valence-electron chi connectivity index (χ0n) is 16.8. The zero-order valence-corrected chi connectivity index (χ0v) is 20.8. The van der Waals surface area contributed by atoms with Gasteiger partial charge in [0.1, 0.15) is 0 Å². The van der Waals surface area contributed by atoms with Gasteiger partial charge in [-0.05, 0) is 32.3 Å². The second kappa shape index (κ2) is 11.5. The molecule has 0 fully saturated rings. The first-order valence-corrected chi connectivity index (χ1v) is 16.1. The van der Waals surface area contributed by atoms with E-state index in [-0.39, 0.29) is 0 Å². The molecule has 0 unspecified atom stereocenters. The van der Waals surface area contributed by atoms with Crippen LogP contribution in [0.3, 0.4) is 0 Å². The van der Waals surface area contributed by atoms with E-state index in [0.29, 0.717) is 0 Å². The third-order valence-corrected chi connectivity index (χ3v) is 4.88. The summed E-state index contributed by atoms with van der Waals surface area (Å²) >= 11 is -0.826. The van der Waals surface area contributed by atoms with Gasteiger partial charge >= 0.3 is 37.9 Å². The molecule has 0 aromatic heterocycles. The molecule has 0 saturated carbocycles. The van der Waals surface area contributed by atoms with Crippen molar-refractivity contribution in [1.82, 2.24) is 0 Å². The Morgan fingerprint density at radius 2 is 1.56 bits per heavy atom. The molecule has 0 spiro atoms. The second-order valence-corrected chi connectivity index (χ2v) is 11.0. The molecule has 3 aromatic carbocycles. The molecule has 3 heteroatoms. The van der Waals surface area contributed by atoms with Crippen LogP contribution >= 0.6 is 17.0 Å². The van der Waals surface area contributed by atoms with Crippen molar-refractivity contribution < 1.29 is 20.8 Å². The Kier molecular flexibility index (Phi) is 9.71. The monoisotopic (exact) mass is 477 g/mol. The maximum atomic E-state index is 4.93. The predicted octanol–water partition coefficient (Wildman–Crippen LogP) is 8.51. The molecular formula is C24H29Cl2Zr-. The summed E-state index contributed by atoms with van der Waals surface area (Å²) in [5.74, 6) is 0. The average Bonchev–Trinajstić information content (AvgIpc) is 3.02. The summed E-state index contributed by atoms with van der Waals surface area (Å²) < 4.78 is 0. The minimum absolute atomic E-state index is 0.826. The summed E-state index contributed by atoms with van der Waals surface area (Å²) in [7, 11) is 9.87. The van der Waals surface area contributed by atoms with Gasteiger partial charge < -0.3 is 0 Å². The van der Waals surface area contributed by atoms with E-state index < -0.39 is 20.8 Å². The van der Waals surface area contributed by atoms with Crippen LogP contribution in [0, 0.1) is 13.8 Å². The molecule has 3 rings (SSSR count). The Labute approximate surface area is 183 Å². The van der Waals surface area contributed by atoms with Crippen LogP contribution in [0.25, 0.3) is 21.9 Å². The molecule has 0 heterocycles. The van der Waals surface area contributed by atoms with Gasteiger partial charge in [0.05, 0.1) is 0 Å². The Bertz CT molecular complexity index is 844. The van der Waals surface area contributed by atoms with E-state index in [4.69, 9.17) is 17.0 Å². The van der Waals surface area contributed by atoms with E-state index in [1.54, 1.807) is 0 Å². The third kappa shape index (κ3) is 6.25. The number of hydrogen-bond acceptors (Lipinski definition) is 0. The van der Waals surface area contributed by atoms with E-state index in [9.17, 15) is 0 Å². The van der Waals surface area contributed by atoms with Crippen LogP contribution in [0.1, 0.15) is 55.4 Å². The summed E-state index contributed by atoms with van der Waals surface area (Å²) in [6.45, 7) is 8.94. The minimum atomic E-state index is -0.826. The Morgan fingerprint density at radius 3 is 2.15 bits per heavy atom. The summed E-state index contributed by atoms with van der Waals surface area (Å²) in [6.07, 6.45) is 6.06. The number of fused-ring (bicyclic) bond motifs is 1. The normalized spacial score (nSPS) is 10.6. The molecule has 0 aliphatic heterocycles. The number of aryl methyl sites for hydroxylation is 4. The Hall–Kier alpha value is -0.487. The number of hydrogen-bond donors (Lipinski definition) is 0. The van der Waals surface area contributed by atoms with Crippen molar-refractivity contribution in [2.45, 2.75) is 59.8 Å². The van der Waals surface area contributed by atoms with Crippen molar-refractivity contribution >= 4 is 27.8 Å². The summed E-state index contributed by atoms with van der Waals surface area (Å²) in [6, 6.07) is 16.5. The van der Waals surface area contributed by atoms with Gasteiger partial charge in [0.2, 0.25) is 0 Å². The summed E-state index contributed by atoms with van der Waals surface area (Å²) in [5.41, 5.74) is 8.52. The number of unbranched alkanes of at least 4 members (excludes halogenated alkanes) is 1. The number of halogens is 2. The molecular weight excluding hydrogens is 450 g/mol. The predicted molar refractivity (Wildman–Crippen MR) is 119 cm³/mol. The van der Waals surface area contributed by atoms with Crippen molar-refractivity contribution in [3.8, 4) is 11.1 Å². The van der Waals surface area contributed by atoms with Crippen molar-refractivity contribution in [3.05, 3.63) is 64.7 Å². The molecule has 3 aromatic rings. The van der Waals surface area contributed by atoms with Crippen molar-refractivity contribution in [2.24, 2.45) is 0 Å². The molecule has 0 N–H and O–H groups in total. The SMILES string of the molecule is CCCCc1cc2c(-c3cc(C)cc(C)c3)c(CCC)ccc2[cH-]1.[Cl][Zr][Cl]. The van der Waals surface area contributed by atoms with E-state index in [2.05, 4.69) is 70.2 Å². The Balaban J connectivity index is 0.000000817. The van der Waals surface area contributed by atoms with Crippen molar-refractivity contribution in [1.29, 1.82) is 0 Å². The molecule has 0 radical (unpaired) electrons. The van der Waals surface area contributed by atoms with Crippen LogP contribution in [0.4, 0.5) is 0 Å². The van der Waals surface area contributed by atoms with Gasteiger partial charge in [0, 0.05) is 0 Å². The Morgan fingerprint density at radius 1 is 0.889 bits per heavy atom. The summed E-state index contributed by atoms with van der Waals surface area (Å²) in [5, 5.41) is 2.84. The fourth-order valence-electron chi connectivity index (χ4n) is 3.85. The molecule has 0 atom stereocenters. The van der Waals surface area contributed by atoms with Crippen molar-refractivity contribution in [3.63, 3.8) is 0 Å². The standard InChI is InChI=1S/C24H29.2ClH.Zr/c1-5-7-9-19-15-21-11-10-20(8-6-2)24(23(21)16-19)22-13-17(3)12-18(4)14-22;;;/h10-16H,5-9H2,1-4H3;2*1H;/q-1;;;+2/p-2. The molecule has 0 nitrogen and oxygen atoms in total. The zero-order chi connectivity index (χ0) is 19.8. The molecule has 27 heavy (non-hydrogen) atoms. The van der Waals surface area contributed by atoms with E-state index in [0.717, 1.165) is 6.42 Å². The first-order valence-electron chi connectivity index (χ1n) is 9.80. The van der Waals surface area contributed by atoms with E-state index in [1.165, 1.54) is 69.8 Å². The van der Waals surface area contributed by atoms with Gasteiger partial charge in [-0.2, -0.15) is 6.07 Å². The van der Waals surface area contributed by atoms with Crippen molar-refractivity contribution in [2.75, 3.05) is 0 Å².